The molecule has 0 bridgehead atoms. The third-order valence-corrected chi connectivity index (χ3v) is 5.94. The summed E-state index contributed by atoms with van der Waals surface area (Å²) in [5.41, 5.74) is 0. The summed E-state index contributed by atoms with van der Waals surface area (Å²) < 4.78 is -0.758. The molecule has 2 rings (SSSR count). The Balaban J connectivity index is 1.79. The zero-order chi connectivity index (χ0) is 17.7. The quantitative estimate of drug-likeness (QED) is 0.435. The fourth-order valence-electron chi connectivity index (χ4n) is 3.31. The van der Waals surface area contributed by atoms with Gasteiger partial charge in [-0.2, -0.15) is 11.1 Å². The van der Waals surface area contributed by atoms with Gasteiger partial charge >= 0.3 is 0 Å². The fraction of sp³-hybridized carbons (Fsp3) is 0.875. The highest BCUT2D eigenvalue weighted by Gasteiger charge is 2.34. The van der Waals surface area contributed by atoms with Crippen LogP contribution in [0, 0.1) is 22.5 Å². The summed E-state index contributed by atoms with van der Waals surface area (Å²) in [6.45, 7) is 6.16. The molecule has 2 saturated heterocycles. The van der Waals surface area contributed by atoms with E-state index in [1.54, 1.807) is 11.8 Å². The Kier molecular flexibility index (Phi) is 6.89. The van der Waals surface area contributed by atoms with Crippen molar-refractivity contribution in [3.05, 3.63) is 5.21 Å². The Morgan fingerprint density at radius 3 is 2.71 bits per heavy atom. The molecular weight excluding hydrogens is 326 g/mol. The minimum Gasteiger partial charge on any atom is -0.611 e. The van der Waals surface area contributed by atoms with Crippen LogP contribution in [0.4, 0.5) is 0 Å². The van der Waals surface area contributed by atoms with Gasteiger partial charge in [0, 0.05) is 44.0 Å². The first-order chi connectivity index (χ1) is 11.3. The third kappa shape index (κ3) is 5.07. The van der Waals surface area contributed by atoms with Crippen molar-refractivity contribution < 1.29 is 9.55 Å². The largest absolute Gasteiger partial charge is 0.611 e. The topological polar surface area (TPSA) is 96.4 Å². The van der Waals surface area contributed by atoms with E-state index in [1.807, 2.05) is 23.6 Å². The average molecular weight is 356 g/mol. The molecule has 0 spiro atoms. The SMILES string of the molecule is CC(C)CC(=O)N1CCC([N+](N)([O-])CCN2CSCC2C#N)CC1. The van der Waals surface area contributed by atoms with Crippen molar-refractivity contribution in [3.8, 4) is 6.07 Å². The van der Waals surface area contributed by atoms with Gasteiger partial charge in [0.2, 0.25) is 5.91 Å². The molecule has 7 nitrogen and oxygen atoms in total. The second-order valence-electron chi connectivity index (χ2n) is 7.24. The lowest BCUT2D eigenvalue weighted by Gasteiger charge is -2.47. The van der Waals surface area contributed by atoms with E-state index in [9.17, 15) is 10.0 Å². The Labute approximate surface area is 148 Å². The number of nitriles is 1. The molecule has 2 heterocycles. The number of rotatable bonds is 6. The molecule has 136 valence electrons. The molecule has 0 aliphatic carbocycles. The number of hydrogen-bond donors (Lipinski definition) is 1. The molecule has 2 unspecified atom stereocenters. The molecule has 0 aromatic heterocycles. The van der Waals surface area contributed by atoms with Crippen molar-refractivity contribution in [2.75, 3.05) is 37.8 Å². The van der Waals surface area contributed by atoms with Crippen LogP contribution in [0.15, 0.2) is 0 Å². The Morgan fingerprint density at radius 1 is 1.46 bits per heavy atom. The van der Waals surface area contributed by atoms with E-state index in [2.05, 4.69) is 6.07 Å². The lowest BCUT2D eigenvalue weighted by Crippen LogP contribution is -2.62. The molecule has 2 aliphatic heterocycles. The number of amides is 1. The third-order valence-electron chi connectivity index (χ3n) is 4.88. The number of carbonyl (C=O) groups is 1. The van der Waals surface area contributed by atoms with E-state index in [4.69, 9.17) is 11.1 Å². The standard InChI is InChI=1S/C16H29N5O2S/c1-13(2)9-16(22)19-5-3-15(4-6-19)21(18,23)8-7-20-12-24-11-14(20)10-17/h13-15H,3-9,11-12,18H2,1-2H3. The average Bonchev–Trinajstić information content (AvgIpc) is 3.00. The first-order valence-corrected chi connectivity index (χ1v) is 9.85. The van der Waals surface area contributed by atoms with E-state index in [0.29, 0.717) is 51.4 Å². The van der Waals surface area contributed by atoms with Gasteiger partial charge in [0.25, 0.3) is 0 Å². The molecule has 1 amide bonds. The minimum absolute atomic E-state index is 0.106. The van der Waals surface area contributed by atoms with Crippen LogP contribution in [0.5, 0.6) is 0 Å². The number of carbonyl (C=O) groups excluding carboxylic acids is 1. The summed E-state index contributed by atoms with van der Waals surface area (Å²) in [7, 11) is 0. The van der Waals surface area contributed by atoms with Crippen molar-refractivity contribution in [2.24, 2.45) is 11.8 Å². The van der Waals surface area contributed by atoms with Gasteiger partial charge < -0.3 is 10.1 Å². The van der Waals surface area contributed by atoms with Gasteiger partial charge in [-0.25, -0.2) is 0 Å². The minimum atomic E-state index is -0.758. The first-order valence-electron chi connectivity index (χ1n) is 8.70. The highest BCUT2D eigenvalue weighted by molar-refractivity contribution is 7.99. The predicted molar refractivity (Wildman–Crippen MR) is 95.2 cm³/mol. The maximum Gasteiger partial charge on any atom is 0.222 e. The number of piperidine rings is 1. The molecule has 2 aliphatic rings. The van der Waals surface area contributed by atoms with Gasteiger partial charge in [0.15, 0.2) is 0 Å². The summed E-state index contributed by atoms with van der Waals surface area (Å²) in [6, 6.07) is 2.01. The van der Waals surface area contributed by atoms with Crippen LogP contribution < -0.4 is 5.84 Å². The summed E-state index contributed by atoms with van der Waals surface area (Å²) >= 11 is 1.72. The van der Waals surface area contributed by atoms with Gasteiger partial charge in [0.1, 0.15) is 18.6 Å². The van der Waals surface area contributed by atoms with E-state index in [1.165, 1.54) is 0 Å². The van der Waals surface area contributed by atoms with E-state index in [-0.39, 0.29) is 18.0 Å². The Bertz CT molecular complexity index is 472. The smallest absolute Gasteiger partial charge is 0.222 e. The molecular formula is C16H29N5O2S. The fourth-order valence-corrected chi connectivity index (χ4v) is 4.47. The Morgan fingerprint density at radius 2 is 2.12 bits per heavy atom. The molecule has 2 fully saturated rings. The second kappa shape index (κ2) is 8.50. The van der Waals surface area contributed by atoms with Gasteiger partial charge in [-0.15, -0.1) is 11.8 Å². The van der Waals surface area contributed by atoms with E-state index >= 15 is 0 Å². The van der Waals surface area contributed by atoms with Gasteiger partial charge in [-0.05, 0) is 5.92 Å². The molecule has 2 atom stereocenters. The van der Waals surface area contributed by atoms with Crippen molar-refractivity contribution in [1.82, 2.24) is 9.80 Å². The highest BCUT2D eigenvalue weighted by Crippen LogP contribution is 2.23. The van der Waals surface area contributed by atoms with Crippen LogP contribution >= 0.6 is 11.8 Å². The molecule has 2 N–H and O–H groups in total. The zero-order valence-electron chi connectivity index (χ0n) is 14.7. The number of nitrogens with two attached hydrogens (primary N) is 1. The number of thioether (sulfide) groups is 1. The Hall–Kier alpha value is -0.850. The maximum atomic E-state index is 12.8. The number of hydrogen-bond acceptors (Lipinski definition) is 6. The number of likely N-dealkylation sites (tertiary alicyclic amines) is 1. The summed E-state index contributed by atoms with van der Waals surface area (Å²) in [5, 5.41) is 21.9. The monoisotopic (exact) mass is 355 g/mol. The van der Waals surface area contributed by atoms with Gasteiger partial charge in [0.05, 0.1) is 12.6 Å². The second-order valence-corrected chi connectivity index (χ2v) is 8.24. The summed E-state index contributed by atoms with van der Waals surface area (Å²) in [5.74, 6) is 8.14. The van der Waals surface area contributed by atoms with Crippen molar-refractivity contribution in [2.45, 2.75) is 45.2 Å². The van der Waals surface area contributed by atoms with Crippen LogP contribution in [0.3, 0.4) is 0 Å². The molecule has 24 heavy (non-hydrogen) atoms. The highest BCUT2D eigenvalue weighted by atomic mass is 32.2. The summed E-state index contributed by atoms with van der Waals surface area (Å²) in [6.07, 6.45) is 1.87. The molecule has 0 aromatic rings. The molecule has 0 radical (unpaired) electrons. The first kappa shape index (κ1) is 19.5. The lowest BCUT2D eigenvalue weighted by molar-refractivity contribution is -0.918. The lowest BCUT2D eigenvalue weighted by atomic mass is 10.0. The normalized spacial score (nSPS) is 25.7. The predicted octanol–water partition coefficient (Wildman–Crippen LogP) is 1.11. The number of hydroxylamine groups is 2. The van der Waals surface area contributed by atoms with Crippen LogP contribution in [0.25, 0.3) is 0 Å². The van der Waals surface area contributed by atoms with Gasteiger partial charge in [-0.1, -0.05) is 13.8 Å². The van der Waals surface area contributed by atoms with Crippen molar-refractivity contribution >= 4 is 17.7 Å². The molecule has 0 saturated carbocycles. The van der Waals surface area contributed by atoms with E-state index in [0.717, 1.165) is 11.6 Å². The van der Waals surface area contributed by atoms with Crippen LogP contribution in [0.2, 0.25) is 0 Å². The summed E-state index contributed by atoms with van der Waals surface area (Å²) in [4.78, 5) is 16.0. The van der Waals surface area contributed by atoms with Crippen LogP contribution in [-0.2, 0) is 4.79 Å². The number of quaternary nitrogens is 1. The molecule has 8 heteroatoms. The zero-order valence-corrected chi connectivity index (χ0v) is 15.5. The van der Waals surface area contributed by atoms with Crippen LogP contribution in [0.1, 0.15) is 33.1 Å². The van der Waals surface area contributed by atoms with E-state index < -0.39 is 4.76 Å². The maximum absolute atomic E-state index is 12.8. The van der Waals surface area contributed by atoms with Crippen molar-refractivity contribution in [1.29, 1.82) is 5.26 Å². The van der Waals surface area contributed by atoms with Gasteiger partial charge in [-0.3, -0.25) is 14.4 Å². The van der Waals surface area contributed by atoms with Crippen LogP contribution in [-0.4, -0.2) is 70.4 Å². The number of nitrogens with zero attached hydrogens (tertiary/aromatic N) is 4. The van der Waals surface area contributed by atoms with Crippen molar-refractivity contribution in [3.63, 3.8) is 0 Å². The molecule has 0 aromatic carbocycles.